The molecule has 3 rings (SSSR count). The highest BCUT2D eigenvalue weighted by atomic mass is 32.1. The van der Waals surface area contributed by atoms with Crippen molar-refractivity contribution < 1.29 is 32.6 Å². The molecular weight excluding hydrogens is 421 g/mol. The Bertz CT molecular complexity index is 1100. The first-order valence-electron chi connectivity index (χ1n) is 8.98. The molecule has 0 aliphatic rings. The van der Waals surface area contributed by atoms with Crippen LogP contribution in [-0.4, -0.2) is 28.6 Å². The maximum Gasteiger partial charge on any atom is 0.303 e. The number of nitrogens with zero attached hydrogens (tertiary/aromatic N) is 2. The van der Waals surface area contributed by atoms with Gasteiger partial charge in [0.15, 0.2) is 11.6 Å². The third-order valence-corrected chi connectivity index (χ3v) is 5.20. The number of carbonyl (C=O) groups is 2. The number of anilines is 1. The first-order valence-corrected chi connectivity index (χ1v) is 9.79. The second kappa shape index (κ2) is 9.12. The quantitative estimate of drug-likeness (QED) is 0.524. The number of hydrogen-bond donors (Lipinski definition) is 1. The zero-order valence-electron chi connectivity index (χ0n) is 15.8. The Kier molecular flexibility index (Phi) is 6.56. The van der Waals surface area contributed by atoms with Gasteiger partial charge in [-0.3, -0.25) is 9.59 Å². The molecule has 0 radical (unpaired) electrons. The van der Waals surface area contributed by atoms with Crippen LogP contribution in [0.5, 0.6) is 5.75 Å². The van der Waals surface area contributed by atoms with Gasteiger partial charge >= 0.3 is 5.97 Å². The lowest BCUT2D eigenvalue weighted by molar-refractivity contribution is -0.138. The molecule has 0 unspecified atom stereocenters. The van der Waals surface area contributed by atoms with Gasteiger partial charge in [0.25, 0.3) is 0 Å². The summed E-state index contributed by atoms with van der Waals surface area (Å²) in [5.74, 6) is -4.72. The number of thiazole rings is 1. The van der Waals surface area contributed by atoms with Crippen molar-refractivity contribution in [3.63, 3.8) is 0 Å². The van der Waals surface area contributed by atoms with Gasteiger partial charge in [0.05, 0.1) is 24.3 Å². The zero-order valence-corrected chi connectivity index (χ0v) is 16.6. The van der Waals surface area contributed by atoms with Crippen molar-refractivity contribution in [1.82, 2.24) is 4.98 Å². The van der Waals surface area contributed by atoms with Gasteiger partial charge in [-0.1, -0.05) is 6.07 Å². The number of hydrogen-bond acceptors (Lipinski definition) is 5. The lowest BCUT2D eigenvalue weighted by Gasteiger charge is -2.22. The summed E-state index contributed by atoms with van der Waals surface area (Å²) >= 11 is 0.792. The third-order valence-electron chi connectivity index (χ3n) is 4.15. The number of carboxylic acids is 1. The van der Waals surface area contributed by atoms with E-state index in [-0.39, 0.29) is 29.1 Å². The van der Waals surface area contributed by atoms with Gasteiger partial charge in [-0.25, -0.2) is 18.2 Å². The molecule has 158 valence electrons. The van der Waals surface area contributed by atoms with Crippen LogP contribution in [0.25, 0.3) is 10.2 Å². The summed E-state index contributed by atoms with van der Waals surface area (Å²) in [7, 11) is 0. The number of carbonyl (C=O) groups excluding carboxylic acids is 1. The first-order chi connectivity index (χ1) is 14.3. The van der Waals surface area contributed by atoms with E-state index in [0.717, 1.165) is 11.3 Å². The number of aliphatic carboxylic acids is 1. The molecule has 3 aromatic rings. The number of amides is 1. The summed E-state index contributed by atoms with van der Waals surface area (Å²) in [5, 5.41) is 9.05. The third kappa shape index (κ3) is 4.70. The lowest BCUT2D eigenvalue weighted by Crippen LogP contribution is -2.30. The van der Waals surface area contributed by atoms with Crippen LogP contribution < -0.4 is 9.64 Å². The van der Waals surface area contributed by atoms with Crippen LogP contribution in [0.3, 0.4) is 0 Å². The SMILES string of the molecule is CCOc1cccc(N(Cc2nc3c(F)c(F)cc(F)c3s2)C(=O)CCC(=O)O)c1. The number of ether oxygens (including phenoxy) is 1. The fourth-order valence-corrected chi connectivity index (χ4v) is 3.77. The summed E-state index contributed by atoms with van der Waals surface area (Å²) < 4.78 is 46.8. The van der Waals surface area contributed by atoms with Gasteiger partial charge in [0, 0.05) is 24.2 Å². The van der Waals surface area contributed by atoms with Crippen molar-refractivity contribution in [3.05, 3.63) is 52.8 Å². The van der Waals surface area contributed by atoms with Gasteiger partial charge in [0.1, 0.15) is 22.1 Å². The number of benzene rings is 2. The van der Waals surface area contributed by atoms with Gasteiger partial charge in [-0.2, -0.15) is 0 Å². The molecule has 1 N–H and O–H groups in total. The molecule has 1 heterocycles. The largest absolute Gasteiger partial charge is 0.494 e. The van der Waals surface area contributed by atoms with Crippen LogP contribution in [0.4, 0.5) is 18.9 Å². The van der Waals surface area contributed by atoms with Crippen LogP contribution in [-0.2, 0) is 16.1 Å². The molecule has 0 aliphatic heterocycles. The molecule has 0 spiro atoms. The lowest BCUT2D eigenvalue weighted by atomic mass is 10.2. The fraction of sp³-hybridized carbons (Fsp3) is 0.250. The molecule has 0 saturated heterocycles. The molecule has 1 amide bonds. The zero-order chi connectivity index (χ0) is 21.8. The number of halogens is 3. The van der Waals surface area contributed by atoms with Gasteiger partial charge in [-0.05, 0) is 19.1 Å². The smallest absolute Gasteiger partial charge is 0.303 e. The van der Waals surface area contributed by atoms with Crippen molar-refractivity contribution in [3.8, 4) is 5.75 Å². The highest BCUT2D eigenvalue weighted by Crippen LogP contribution is 2.31. The van der Waals surface area contributed by atoms with E-state index in [1.54, 1.807) is 31.2 Å². The number of aromatic nitrogens is 1. The topological polar surface area (TPSA) is 79.7 Å². The van der Waals surface area contributed by atoms with Gasteiger partial charge < -0.3 is 14.7 Å². The van der Waals surface area contributed by atoms with Crippen LogP contribution in [0, 0.1) is 17.5 Å². The van der Waals surface area contributed by atoms with Crippen LogP contribution in [0.15, 0.2) is 30.3 Å². The number of fused-ring (bicyclic) bond motifs is 1. The summed E-state index contributed by atoms with van der Waals surface area (Å²) in [5.41, 5.74) is -0.0452. The fourth-order valence-electron chi connectivity index (χ4n) is 2.81. The van der Waals surface area contributed by atoms with E-state index in [1.165, 1.54) is 4.90 Å². The highest BCUT2D eigenvalue weighted by Gasteiger charge is 2.22. The average Bonchev–Trinajstić information content (AvgIpc) is 3.14. The molecule has 0 bridgehead atoms. The minimum absolute atomic E-state index is 0.162. The highest BCUT2D eigenvalue weighted by molar-refractivity contribution is 7.18. The van der Waals surface area contributed by atoms with Crippen LogP contribution in [0.2, 0.25) is 0 Å². The van der Waals surface area contributed by atoms with Crippen LogP contribution >= 0.6 is 11.3 Å². The Morgan fingerprint density at radius 3 is 2.63 bits per heavy atom. The summed E-state index contributed by atoms with van der Waals surface area (Å²) in [6, 6.07) is 7.01. The Labute approximate surface area is 173 Å². The summed E-state index contributed by atoms with van der Waals surface area (Å²) in [6.07, 6.45) is -0.661. The molecular formula is C20H17F3N2O4S. The molecule has 0 fully saturated rings. The molecule has 30 heavy (non-hydrogen) atoms. The maximum atomic E-state index is 14.0. The Morgan fingerprint density at radius 1 is 1.17 bits per heavy atom. The summed E-state index contributed by atoms with van der Waals surface area (Å²) in [6.45, 7) is 2.03. The average molecular weight is 438 g/mol. The minimum Gasteiger partial charge on any atom is -0.494 e. The second-order valence-electron chi connectivity index (χ2n) is 6.24. The van der Waals surface area contributed by atoms with Crippen molar-refractivity contribution in [1.29, 1.82) is 0 Å². The predicted molar refractivity (Wildman–Crippen MR) is 105 cm³/mol. The molecule has 0 aliphatic carbocycles. The van der Waals surface area contributed by atoms with E-state index in [1.807, 2.05) is 0 Å². The molecule has 10 heteroatoms. The molecule has 2 aromatic carbocycles. The molecule has 0 saturated carbocycles. The first kappa shape index (κ1) is 21.6. The standard InChI is InChI=1S/C20H17F3N2O4S/c1-2-29-12-5-3-4-11(8-12)25(16(26)6-7-17(27)28)10-15-24-19-18(23)13(21)9-14(22)20(19)30-15/h3-5,8-9H,2,6-7,10H2,1H3,(H,27,28). The van der Waals surface area contributed by atoms with Gasteiger partial charge in [0.2, 0.25) is 5.91 Å². The number of rotatable bonds is 8. The van der Waals surface area contributed by atoms with E-state index in [0.29, 0.717) is 24.1 Å². The van der Waals surface area contributed by atoms with E-state index < -0.39 is 34.8 Å². The maximum absolute atomic E-state index is 14.0. The van der Waals surface area contributed by atoms with Gasteiger partial charge in [-0.15, -0.1) is 11.3 Å². The molecule has 0 atom stereocenters. The van der Waals surface area contributed by atoms with E-state index in [4.69, 9.17) is 9.84 Å². The molecule has 6 nitrogen and oxygen atoms in total. The Morgan fingerprint density at radius 2 is 1.93 bits per heavy atom. The van der Waals surface area contributed by atoms with E-state index >= 15 is 0 Å². The van der Waals surface area contributed by atoms with Crippen molar-refractivity contribution in [2.45, 2.75) is 26.3 Å². The minimum atomic E-state index is -1.35. The Balaban J connectivity index is 1.98. The normalized spacial score (nSPS) is 10.9. The van der Waals surface area contributed by atoms with E-state index in [9.17, 15) is 22.8 Å². The van der Waals surface area contributed by atoms with Crippen LogP contribution in [0.1, 0.15) is 24.8 Å². The molecule has 1 aromatic heterocycles. The van der Waals surface area contributed by atoms with Crippen molar-refractivity contribution in [2.24, 2.45) is 0 Å². The second-order valence-corrected chi connectivity index (χ2v) is 7.33. The Hall–Kier alpha value is -3.14. The van der Waals surface area contributed by atoms with E-state index in [2.05, 4.69) is 4.98 Å². The predicted octanol–water partition coefficient (Wildman–Crippen LogP) is 4.51. The van der Waals surface area contributed by atoms with Crippen molar-refractivity contribution >= 4 is 39.1 Å². The monoisotopic (exact) mass is 438 g/mol. The van der Waals surface area contributed by atoms with Crippen molar-refractivity contribution in [2.75, 3.05) is 11.5 Å². The summed E-state index contributed by atoms with van der Waals surface area (Å²) in [4.78, 5) is 28.8. The number of carboxylic acid groups (broad SMARTS) is 1.